The second-order valence-corrected chi connectivity index (χ2v) is 4.50. The van der Waals surface area contributed by atoms with Crippen LogP contribution in [-0.4, -0.2) is 22.4 Å². The molecule has 1 aromatic heterocycles. The molecule has 0 atom stereocenters. The van der Waals surface area contributed by atoms with E-state index in [1.807, 2.05) is 38.1 Å². The fourth-order valence-electron chi connectivity index (χ4n) is 1.73. The molecule has 0 saturated carbocycles. The van der Waals surface area contributed by atoms with Crippen LogP contribution in [0.5, 0.6) is 0 Å². The van der Waals surface area contributed by atoms with Crippen LogP contribution in [0.2, 0.25) is 5.15 Å². The minimum atomic E-state index is -0.185. The van der Waals surface area contributed by atoms with E-state index in [1.165, 1.54) is 12.4 Å². The average molecular weight is 276 g/mol. The van der Waals surface area contributed by atoms with E-state index in [0.717, 1.165) is 11.3 Å². The van der Waals surface area contributed by atoms with Gasteiger partial charge < -0.3 is 4.90 Å². The number of halogens is 1. The van der Waals surface area contributed by atoms with Crippen molar-refractivity contribution in [2.45, 2.75) is 13.8 Å². The minimum absolute atomic E-state index is 0.185. The molecule has 1 amide bonds. The largest absolute Gasteiger partial charge is 0.307 e. The van der Waals surface area contributed by atoms with Gasteiger partial charge in [0, 0.05) is 12.2 Å². The molecular weight excluding hydrogens is 262 g/mol. The van der Waals surface area contributed by atoms with E-state index in [1.54, 1.807) is 4.90 Å². The number of rotatable bonds is 3. The second kappa shape index (κ2) is 5.80. The van der Waals surface area contributed by atoms with Crippen molar-refractivity contribution in [1.82, 2.24) is 9.97 Å². The van der Waals surface area contributed by atoms with Crippen molar-refractivity contribution < 1.29 is 4.79 Å². The van der Waals surface area contributed by atoms with Crippen molar-refractivity contribution >= 4 is 23.2 Å². The summed E-state index contributed by atoms with van der Waals surface area (Å²) in [5.74, 6) is -0.185. The predicted molar refractivity (Wildman–Crippen MR) is 75.6 cm³/mol. The van der Waals surface area contributed by atoms with E-state index < -0.39 is 0 Å². The molecule has 2 rings (SSSR count). The lowest BCUT2D eigenvalue weighted by Gasteiger charge is -2.20. The molecule has 0 spiro atoms. The number of aryl methyl sites for hydroxylation is 1. The van der Waals surface area contributed by atoms with Crippen LogP contribution in [-0.2, 0) is 0 Å². The summed E-state index contributed by atoms with van der Waals surface area (Å²) < 4.78 is 0. The third-order valence-corrected chi connectivity index (χ3v) is 2.94. The van der Waals surface area contributed by atoms with Gasteiger partial charge in [0.25, 0.3) is 5.91 Å². The molecule has 4 nitrogen and oxygen atoms in total. The molecule has 0 radical (unpaired) electrons. The Morgan fingerprint density at radius 1 is 1.21 bits per heavy atom. The molecule has 0 aliphatic heterocycles. The number of carbonyl (C=O) groups is 1. The van der Waals surface area contributed by atoms with Gasteiger partial charge >= 0.3 is 0 Å². The van der Waals surface area contributed by atoms with Gasteiger partial charge in [-0.05, 0) is 26.0 Å². The Labute approximate surface area is 117 Å². The summed E-state index contributed by atoms with van der Waals surface area (Å²) in [6.07, 6.45) is 2.76. The first kappa shape index (κ1) is 13.5. The number of amides is 1. The van der Waals surface area contributed by atoms with Gasteiger partial charge in [0.15, 0.2) is 0 Å². The highest BCUT2D eigenvalue weighted by atomic mass is 35.5. The van der Waals surface area contributed by atoms with E-state index in [2.05, 4.69) is 9.97 Å². The third kappa shape index (κ3) is 3.09. The molecule has 0 bridgehead atoms. The van der Waals surface area contributed by atoms with E-state index in [0.29, 0.717) is 6.54 Å². The zero-order valence-electron chi connectivity index (χ0n) is 10.8. The SMILES string of the molecule is CCN(C(=O)c1cnc(Cl)cn1)c1ccc(C)cc1. The van der Waals surface area contributed by atoms with Crippen LogP contribution in [0.4, 0.5) is 5.69 Å². The van der Waals surface area contributed by atoms with Crippen LogP contribution in [0.1, 0.15) is 23.0 Å². The molecule has 0 N–H and O–H groups in total. The Morgan fingerprint density at radius 3 is 2.42 bits per heavy atom. The van der Waals surface area contributed by atoms with Crippen molar-refractivity contribution in [3.63, 3.8) is 0 Å². The minimum Gasteiger partial charge on any atom is -0.307 e. The van der Waals surface area contributed by atoms with Crippen molar-refractivity contribution in [3.05, 3.63) is 53.1 Å². The van der Waals surface area contributed by atoms with Crippen LogP contribution in [0.3, 0.4) is 0 Å². The van der Waals surface area contributed by atoms with Gasteiger partial charge in [0.2, 0.25) is 0 Å². The van der Waals surface area contributed by atoms with Gasteiger partial charge in [-0.1, -0.05) is 29.3 Å². The smallest absolute Gasteiger partial charge is 0.278 e. The molecule has 19 heavy (non-hydrogen) atoms. The maximum Gasteiger partial charge on any atom is 0.278 e. The van der Waals surface area contributed by atoms with Gasteiger partial charge in [-0.25, -0.2) is 9.97 Å². The lowest BCUT2D eigenvalue weighted by atomic mass is 10.2. The van der Waals surface area contributed by atoms with Crippen molar-refractivity contribution in [2.75, 3.05) is 11.4 Å². The lowest BCUT2D eigenvalue weighted by Crippen LogP contribution is -2.31. The first-order valence-corrected chi connectivity index (χ1v) is 6.35. The van der Waals surface area contributed by atoms with Gasteiger partial charge in [-0.2, -0.15) is 0 Å². The summed E-state index contributed by atoms with van der Waals surface area (Å²) in [4.78, 5) is 21.9. The number of aromatic nitrogens is 2. The first-order chi connectivity index (χ1) is 9.11. The summed E-state index contributed by atoms with van der Waals surface area (Å²) >= 11 is 5.67. The molecule has 2 aromatic rings. The molecule has 5 heteroatoms. The standard InChI is InChI=1S/C14H14ClN3O/c1-3-18(11-6-4-10(2)5-7-11)14(19)12-8-17-13(15)9-16-12/h4-9H,3H2,1-2H3. The molecule has 1 heterocycles. The summed E-state index contributed by atoms with van der Waals surface area (Å²) in [6.45, 7) is 4.49. The quantitative estimate of drug-likeness (QED) is 0.865. The maximum absolute atomic E-state index is 12.4. The van der Waals surface area contributed by atoms with Crippen LogP contribution in [0, 0.1) is 6.92 Å². The highest BCUT2D eigenvalue weighted by Crippen LogP contribution is 2.17. The summed E-state index contributed by atoms with van der Waals surface area (Å²) in [6, 6.07) is 7.78. The van der Waals surface area contributed by atoms with Crippen LogP contribution >= 0.6 is 11.6 Å². The predicted octanol–water partition coefficient (Wildman–Crippen LogP) is 3.11. The number of hydrogen-bond acceptors (Lipinski definition) is 3. The fraction of sp³-hybridized carbons (Fsp3) is 0.214. The number of hydrogen-bond donors (Lipinski definition) is 0. The van der Waals surface area contributed by atoms with Crippen molar-refractivity contribution in [1.29, 1.82) is 0 Å². The van der Waals surface area contributed by atoms with Crippen LogP contribution in [0.15, 0.2) is 36.7 Å². The molecular formula is C14H14ClN3O. The Balaban J connectivity index is 2.29. The molecule has 98 valence electrons. The second-order valence-electron chi connectivity index (χ2n) is 4.11. The normalized spacial score (nSPS) is 10.3. The molecule has 0 fully saturated rings. The topological polar surface area (TPSA) is 46.1 Å². The molecule has 0 aliphatic rings. The van der Waals surface area contributed by atoms with Crippen molar-refractivity contribution in [2.24, 2.45) is 0 Å². The Hall–Kier alpha value is -1.94. The fourth-order valence-corrected chi connectivity index (χ4v) is 1.83. The Morgan fingerprint density at radius 2 is 1.89 bits per heavy atom. The zero-order chi connectivity index (χ0) is 13.8. The summed E-state index contributed by atoms with van der Waals surface area (Å²) in [5, 5.41) is 0.273. The van der Waals surface area contributed by atoms with Crippen molar-refractivity contribution in [3.8, 4) is 0 Å². The third-order valence-electron chi connectivity index (χ3n) is 2.75. The van der Waals surface area contributed by atoms with Gasteiger partial charge in [0.1, 0.15) is 10.8 Å². The number of carbonyl (C=O) groups excluding carboxylic acids is 1. The van der Waals surface area contributed by atoms with E-state index in [-0.39, 0.29) is 16.8 Å². The molecule has 0 unspecified atom stereocenters. The van der Waals surface area contributed by atoms with E-state index >= 15 is 0 Å². The van der Waals surface area contributed by atoms with E-state index in [4.69, 9.17) is 11.6 Å². The summed E-state index contributed by atoms with van der Waals surface area (Å²) in [5.41, 5.74) is 2.28. The number of benzene rings is 1. The van der Waals surface area contributed by atoms with E-state index in [9.17, 15) is 4.79 Å². The maximum atomic E-state index is 12.4. The van der Waals surface area contributed by atoms with Gasteiger partial charge in [0.05, 0.1) is 12.4 Å². The Bertz CT molecular complexity index is 566. The monoisotopic (exact) mass is 275 g/mol. The highest BCUT2D eigenvalue weighted by Gasteiger charge is 2.17. The average Bonchev–Trinajstić information content (AvgIpc) is 2.42. The highest BCUT2D eigenvalue weighted by molar-refractivity contribution is 6.29. The number of nitrogens with zero attached hydrogens (tertiary/aromatic N) is 3. The molecule has 1 aromatic carbocycles. The van der Waals surface area contributed by atoms with Gasteiger partial charge in [-0.15, -0.1) is 0 Å². The molecule has 0 saturated heterocycles. The zero-order valence-corrected chi connectivity index (χ0v) is 11.6. The first-order valence-electron chi connectivity index (χ1n) is 5.98. The van der Waals surface area contributed by atoms with Crippen LogP contribution in [0.25, 0.3) is 0 Å². The molecule has 0 aliphatic carbocycles. The summed E-state index contributed by atoms with van der Waals surface area (Å²) in [7, 11) is 0. The lowest BCUT2D eigenvalue weighted by molar-refractivity contribution is 0.0983. The van der Waals surface area contributed by atoms with Gasteiger partial charge in [-0.3, -0.25) is 4.79 Å². The Kier molecular flexibility index (Phi) is 4.12. The van der Waals surface area contributed by atoms with Crippen LogP contribution < -0.4 is 4.90 Å². The number of anilines is 1.